The largest absolute Gasteiger partial charge is 0.408 e. The van der Waals surface area contributed by atoms with Crippen LogP contribution in [0, 0.1) is 11.8 Å². The summed E-state index contributed by atoms with van der Waals surface area (Å²) in [7, 11) is -5.50. The maximum atomic E-state index is 15.0. The Morgan fingerprint density at radius 1 is 0.731 bits per heavy atom. The third kappa shape index (κ3) is 16.1. The summed E-state index contributed by atoms with van der Waals surface area (Å²) in [4.78, 5) is 26.0. The van der Waals surface area contributed by atoms with Crippen LogP contribution < -0.4 is 0 Å². The molecule has 0 aromatic carbocycles. The van der Waals surface area contributed by atoms with E-state index in [2.05, 4.69) is 141 Å². The van der Waals surface area contributed by atoms with Crippen LogP contribution in [-0.4, -0.2) is 148 Å². The lowest BCUT2D eigenvalue weighted by molar-refractivity contribution is -0.266. The molecule has 6 rings (SSSR count). The summed E-state index contributed by atoms with van der Waals surface area (Å²) in [5.74, 6) is -0.580. The van der Waals surface area contributed by atoms with Crippen molar-refractivity contribution in [2.45, 2.75) is 319 Å². The number of fused-ring (bicyclic) bond motifs is 1. The van der Waals surface area contributed by atoms with Gasteiger partial charge in [-0.3, -0.25) is 4.79 Å². The fraction of sp³-hybridized carbons (Fsp3) is 0.871. The molecule has 0 N–H and O–H groups in total. The van der Waals surface area contributed by atoms with Gasteiger partial charge in [0, 0.05) is 45.1 Å². The molecule has 6 saturated heterocycles. The SMILES string of the molecule is C=C1C[C@H](CCC=O)O[C@H]1CC[C@H]1C[C@@H](C)C(=C)[C@@H](C[C@@H]2O[C@H](C[C@H]3COC(C)(C)O3)[C@H](OC)[C@H]2CC(=O)C[C@H]2CC[C@@H]3O[C@@H](C(/C=C/C)O[Si](C)(C)C(C)(C)C)C(O[Si](C)(C)C(C)(C)C)C(O[Si](C)(C)C(C)(C)C)[C@H]3O2)O1. The number of carbonyl (C=O) groups is 2. The molecule has 6 aliphatic heterocycles. The van der Waals surface area contributed by atoms with E-state index < -0.39 is 55.2 Å². The second-order valence-corrected chi connectivity index (χ2v) is 43.6. The van der Waals surface area contributed by atoms with Crippen LogP contribution in [-0.2, 0) is 60.8 Å². The minimum absolute atomic E-state index is 0.00375. The summed E-state index contributed by atoms with van der Waals surface area (Å²) in [6.45, 7) is 51.9. The van der Waals surface area contributed by atoms with Crippen LogP contribution >= 0.6 is 0 Å². The normalized spacial score (nSPS) is 35.8. The topological polar surface area (TPSA) is 136 Å². The number of Topliss-reactive ketones (excluding diaryl/α,β-unsaturated/α-hetero) is 1. The van der Waals surface area contributed by atoms with Crippen molar-refractivity contribution in [3.05, 3.63) is 36.5 Å². The highest BCUT2D eigenvalue weighted by molar-refractivity contribution is 6.75. The molecule has 6 heterocycles. The Kier molecular flexibility index (Phi) is 21.9. The lowest BCUT2D eigenvalue weighted by Crippen LogP contribution is -2.69. The van der Waals surface area contributed by atoms with Gasteiger partial charge in [-0.2, -0.15) is 0 Å². The first kappa shape index (κ1) is 65.9. The minimum Gasteiger partial charge on any atom is -0.408 e. The standard InChI is InChI=1S/C62H110O13Si3/c1-23-25-50(73-76(17,18)59(5,6)7)56-58(75-78(21,22)61(11,12)13)57(74-77(19,20)60(8,9)10)55-49(71-56)30-28-45(69-55)34-42(64)35-47-52(70-53(54(47)65-16)36-46-38-66-62(14,15)72-46)37-51-41(4)39(2)32-44(68-51)27-29-48-40(3)33-43(67-48)26-24-31-63/h23,25,31,39,43-58H,3-4,24,26-30,32-38H2,1-2,5-22H3/b25-23+/t39-,43+,44+,45-,46+,47+,48+,49+,50?,51-,52+,53-,54-,55+,56+,57?,58?/m1/s1. The number of methoxy groups -OCH3 is 1. The summed E-state index contributed by atoms with van der Waals surface area (Å²) >= 11 is 0. The number of ketones is 1. The second kappa shape index (κ2) is 25.9. The molecular formula is C62H110O13Si3. The van der Waals surface area contributed by atoms with E-state index in [1.807, 2.05) is 13.8 Å². The first-order valence-electron chi connectivity index (χ1n) is 30.1. The lowest BCUT2D eigenvalue weighted by Gasteiger charge is -2.56. The van der Waals surface area contributed by atoms with E-state index in [0.29, 0.717) is 38.7 Å². The number of rotatable bonds is 23. The van der Waals surface area contributed by atoms with Crippen LogP contribution in [0.15, 0.2) is 36.5 Å². The average molecular weight is 1150 g/mol. The summed E-state index contributed by atoms with van der Waals surface area (Å²) in [6.07, 6.45) is 8.49. The van der Waals surface area contributed by atoms with Crippen LogP contribution in [0.3, 0.4) is 0 Å². The van der Waals surface area contributed by atoms with E-state index >= 15 is 0 Å². The molecule has 16 heteroatoms. The molecule has 0 amide bonds. The smallest absolute Gasteiger partial charge is 0.193 e. The van der Waals surface area contributed by atoms with E-state index in [9.17, 15) is 9.59 Å². The van der Waals surface area contributed by atoms with E-state index in [1.54, 1.807) is 7.11 Å². The Morgan fingerprint density at radius 3 is 1.94 bits per heavy atom. The predicted octanol–water partition coefficient (Wildman–Crippen LogP) is 13.6. The van der Waals surface area contributed by atoms with E-state index in [-0.39, 0.29) is 113 Å². The molecule has 78 heavy (non-hydrogen) atoms. The second-order valence-electron chi connectivity index (χ2n) is 29.3. The number of hydrogen-bond acceptors (Lipinski definition) is 13. The zero-order chi connectivity index (χ0) is 58.1. The fourth-order valence-corrected chi connectivity index (χ4v) is 15.8. The van der Waals surface area contributed by atoms with Crippen LogP contribution in [0.1, 0.15) is 167 Å². The Hall–Kier alpha value is -1.23. The molecule has 13 nitrogen and oxygen atoms in total. The minimum atomic E-state index is -2.47. The molecular weight excluding hydrogens is 1040 g/mol. The Labute approximate surface area is 476 Å². The van der Waals surface area contributed by atoms with Gasteiger partial charge in [-0.25, -0.2) is 0 Å². The van der Waals surface area contributed by atoms with Crippen molar-refractivity contribution in [1.82, 2.24) is 0 Å². The number of allylic oxidation sites excluding steroid dienone is 1. The molecule has 448 valence electrons. The molecule has 3 unspecified atom stereocenters. The third-order valence-electron chi connectivity index (χ3n) is 19.7. The highest BCUT2D eigenvalue weighted by Gasteiger charge is 2.58. The monoisotopic (exact) mass is 1150 g/mol. The van der Waals surface area contributed by atoms with Gasteiger partial charge in [0.15, 0.2) is 30.7 Å². The molecule has 0 bridgehead atoms. The molecule has 0 spiro atoms. The van der Waals surface area contributed by atoms with Crippen molar-refractivity contribution in [3.8, 4) is 0 Å². The van der Waals surface area contributed by atoms with Gasteiger partial charge >= 0.3 is 0 Å². The predicted molar refractivity (Wildman–Crippen MR) is 317 cm³/mol. The summed E-state index contributed by atoms with van der Waals surface area (Å²) in [5, 5.41) is -0.214. The number of aldehydes is 1. The molecule has 6 fully saturated rings. The summed E-state index contributed by atoms with van der Waals surface area (Å²) in [6, 6.07) is 0. The van der Waals surface area contributed by atoms with Gasteiger partial charge in [0.25, 0.3) is 0 Å². The van der Waals surface area contributed by atoms with Gasteiger partial charge in [-0.05, 0) is 137 Å². The maximum Gasteiger partial charge on any atom is 0.193 e. The van der Waals surface area contributed by atoms with Gasteiger partial charge in [0.2, 0.25) is 0 Å². The molecule has 0 aliphatic carbocycles. The van der Waals surface area contributed by atoms with Crippen molar-refractivity contribution >= 4 is 37.0 Å². The zero-order valence-corrected chi connectivity index (χ0v) is 55.5. The summed E-state index contributed by atoms with van der Waals surface area (Å²) < 4.78 is 76.4. The van der Waals surface area contributed by atoms with Crippen LogP contribution in [0.4, 0.5) is 0 Å². The zero-order valence-electron chi connectivity index (χ0n) is 52.5. The Bertz CT molecular complexity index is 2050. The van der Waals surface area contributed by atoms with E-state index in [4.69, 9.17) is 51.2 Å². The molecule has 6 aliphatic rings. The third-order valence-corrected chi connectivity index (χ3v) is 33.1. The van der Waals surface area contributed by atoms with Gasteiger partial charge in [-0.15, -0.1) is 0 Å². The number of ether oxygens (including phenoxy) is 8. The lowest BCUT2D eigenvalue weighted by atomic mass is 9.81. The molecule has 0 aromatic heterocycles. The van der Waals surface area contributed by atoms with Gasteiger partial charge in [0.1, 0.15) is 36.5 Å². The highest BCUT2D eigenvalue weighted by atomic mass is 28.4. The summed E-state index contributed by atoms with van der Waals surface area (Å²) in [5.41, 5.74) is 2.15. The van der Waals surface area contributed by atoms with Crippen LogP contribution in [0.2, 0.25) is 54.4 Å². The van der Waals surface area contributed by atoms with Crippen molar-refractivity contribution in [3.63, 3.8) is 0 Å². The van der Waals surface area contributed by atoms with Gasteiger partial charge in [0.05, 0.1) is 73.8 Å². The average Bonchev–Trinajstić information content (AvgIpc) is 3.97. The quantitative estimate of drug-likeness (QED) is 0.0546. The van der Waals surface area contributed by atoms with Crippen molar-refractivity contribution in [1.29, 1.82) is 0 Å². The van der Waals surface area contributed by atoms with E-state index in [1.165, 1.54) is 0 Å². The van der Waals surface area contributed by atoms with Gasteiger partial charge in [-0.1, -0.05) is 94.5 Å². The molecule has 17 atom stereocenters. The first-order chi connectivity index (χ1) is 36.0. The molecule has 0 aromatic rings. The van der Waals surface area contributed by atoms with Crippen molar-refractivity contribution < 1.29 is 60.8 Å². The maximum absolute atomic E-state index is 15.0. The fourth-order valence-electron chi connectivity index (χ4n) is 11.9. The Balaban J connectivity index is 1.25. The number of carbonyl (C=O) groups excluding carboxylic acids is 2. The van der Waals surface area contributed by atoms with E-state index in [0.717, 1.165) is 49.5 Å². The highest BCUT2D eigenvalue weighted by Crippen LogP contribution is 2.49. The van der Waals surface area contributed by atoms with Crippen molar-refractivity contribution in [2.24, 2.45) is 11.8 Å². The van der Waals surface area contributed by atoms with Crippen LogP contribution in [0.5, 0.6) is 0 Å². The number of hydrogen-bond donors (Lipinski definition) is 0. The van der Waals surface area contributed by atoms with Crippen molar-refractivity contribution in [2.75, 3.05) is 13.7 Å². The molecule has 0 saturated carbocycles. The first-order valence-corrected chi connectivity index (χ1v) is 38.8. The van der Waals surface area contributed by atoms with Crippen LogP contribution in [0.25, 0.3) is 0 Å². The Morgan fingerprint density at radius 2 is 1.36 bits per heavy atom. The molecule has 0 radical (unpaired) electrons. The van der Waals surface area contributed by atoms with Gasteiger partial charge < -0.3 is 56.0 Å².